The summed E-state index contributed by atoms with van der Waals surface area (Å²) in [5, 5.41) is 28.5. The number of anilines is 1. The van der Waals surface area contributed by atoms with E-state index in [1.807, 2.05) is 0 Å². The number of nitrogens with zero attached hydrogens (tertiary/aromatic N) is 3. The van der Waals surface area contributed by atoms with Crippen molar-refractivity contribution in [2.45, 2.75) is 29.9 Å². The molecule has 1 aromatic rings. The maximum atomic E-state index is 11.9. The van der Waals surface area contributed by atoms with E-state index < -0.39 is 35.6 Å². The van der Waals surface area contributed by atoms with Gasteiger partial charge in [-0.25, -0.2) is 9.78 Å². The lowest BCUT2D eigenvalue weighted by Crippen LogP contribution is -2.50. The minimum absolute atomic E-state index is 0.184. The molecule has 0 aromatic carbocycles. The number of nitrogens with two attached hydrogens (primary N) is 1. The van der Waals surface area contributed by atoms with Gasteiger partial charge in [-0.05, 0) is 0 Å². The molecule has 1 aliphatic heterocycles. The third kappa shape index (κ3) is 2.47. The number of aliphatic hydroxyl groups is 3. The van der Waals surface area contributed by atoms with Gasteiger partial charge in [0.25, 0.3) is 0 Å². The van der Waals surface area contributed by atoms with Crippen molar-refractivity contribution >= 4 is 35.2 Å². The zero-order valence-electron chi connectivity index (χ0n) is 11.4. The average molecular weight is 280 g/mol. The number of aromatic nitrogens is 3. The number of hydrogen-bond donors (Lipinski definition) is 4. The second-order valence-corrected chi connectivity index (χ2v) is 5.36. The Morgan fingerprint density at radius 1 is 1.30 bits per heavy atom. The van der Waals surface area contributed by atoms with Crippen LogP contribution >= 0.6 is 0 Å². The Kier molecular flexibility index (Phi) is 3.67. The van der Waals surface area contributed by atoms with Crippen LogP contribution in [0.2, 0.25) is 0 Å². The van der Waals surface area contributed by atoms with E-state index >= 15 is 0 Å². The van der Waals surface area contributed by atoms with Crippen molar-refractivity contribution in [3.8, 4) is 0 Å². The Bertz CT molecular complexity index is 576. The van der Waals surface area contributed by atoms with E-state index in [0.717, 1.165) is 4.57 Å². The first-order chi connectivity index (χ1) is 9.12. The molecule has 0 saturated carbocycles. The van der Waals surface area contributed by atoms with Crippen molar-refractivity contribution < 1.29 is 20.1 Å². The van der Waals surface area contributed by atoms with E-state index in [2.05, 4.69) is 9.97 Å². The van der Waals surface area contributed by atoms with Crippen LogP contribution in [-0.2, 0) is 4.74 Å². The number of rotatable bonds is 2. The van der Waals surface area contributed by atoms with Crippen LogP contribution in [0.5, 0.6) is 0 Å². The fourth-order valence-corrected chi connectivity index (χ4v) is 2.28. The molecule has 9 nitrogen and oxygen atoms in total. The maximum Gasteiger partial charge on any atom is 0.353 e. The molecular formula is C8H15B3N4O5. The molecular weight excluding hydrogens is 265 g/mol. The SMILES string of the molecule is Bc1nc(N)nc(=O)n1[C@@H]1O[C@H](C(B)(B)O)C(O)C1O. The highest BCUT2D eigenvalue weighted by Gasteiger charge is 2.50. The summed E-state index contributed by atoms with van der Waals surface area (Å²) in [5.74, 6) is -0.184. The molecule has 0 radical (unpaired) electrons. The summed E-state index contributed by atoms with van der Waals surface area (Å²) in [6.45, 7) is 0. The Balaban J connectivity index is 2.43. The molecule has 20 heavy (non-hydrogen) atoms. The standard InChI is InChI=1S/C8H15B3N4O5/c9-5-13-6(12)14-7(18)15(5)4-2(17)1(16)3(20-4)8(10,11)19/h1-4,16-17,19H,9-11H2,(H2,12,14,18)/t1?,2?,3-,4+/m0/s1. The van der Waals surface area contributed by atoms with Crippen molar-refractivity contribution in [3.05, 3.63) is 10.5 Å². The number of nitrogen functional groups attached to an aromatic ring is 1. The minimum atomic E-state index is -1.39. The van der Waals surface area contributed by atoms with Crippen LogP contribution < -0.4 is 17.1 Å². The summed E-state index contributed by atoms with van der Waals surface area (Å²) in [7, 11) is 4.37. The van der Waals surface area contributed by atoms with Gasteiger partial charge in [0.15, 0.2) is 14.1 Å². The van der Waals surface area contributed by atoms with Crippen LogP contribution in [0.1, 0.15) is 6.23 Å². The fraction of sp³-hybridized carbons (Fsp3) is 0.625. The van der Waals surface area contributed by atoms with Crippen molar-refractivity contribution in [2.24, 2.45) is 0 Å². The van der Waals surface area contributed by atoms with Gasteiger partial charge in [0.05, 0.1) is 5.72 Å². The van der Waals surface area contributed by atoms with Crippen molar-refractivity contribution in [3.63, 3.8) is 0 Å². The molecule has 0 amide bonds. The van der Waals surface area contributed by atoms with Crippen LogP contribution in [-0.4, -0.2) is 77.1 Å². The predicted molar refractivity (Wildman–Crippen MR) is 76.8 cm³/mol. The monoisotopic (exact) mass is 280 g/mol. The van der Waals surface area contributed by atoms with E-state index in [-0.39, 0.29) is 11.7 Å². The first-order valence-corrected chi connectivity index (χ1v) is 6.09. The highest BCUT2D eigenvalue weighted by atomic mass is 16.6. The Morgan fingerprint density at radius 2 is 1.90 bits per heavy atom. The largest absolute Gasteiger partial charge is 0.405 e. The van der Waals surface area contributed by atoms with Gasteiger partial charge in [-0.3, -0.25) is 4.57 Å². The summed E-state index contributed by atoms with van der Waals surface area (Å²) in [6.07, 6.45) is -4.97. The van der Waals surface area contributed by atoms with E-state index in [1.165, 1.54) is 23.5 Å². The van der Waals surface area contributed by atoms with Crippen LogP contribution in [0.25, 0.3) is 0 Å². The molecule has 2 unspecified atom stereocenters. The fourth-order valence-electron chi connectivity index (χ4n) is 2.28. The third-order valence-electron chi connectivity index (χ3n) is 3.23. The second-order valence-electron chi connectivity index (χ2n) is 5.36. The first kappa shape index (κ1) is 15.0. The normalized spacial score (nSPS) is 30.6. The Hall–Kier alpha value is -1.36. The highest BCUT2D eigenvalue weighted by Crippen LogP contribution is 2.31. The van der Waals surface area contributed by atoms with Crippen LogP contribution in [0.4, 0.5) is 5.95 Å². The van der Waals surface area contributed by atoms with Crippen molar-refractivity contribution in [2.75, 3.05) is 5.73 Å². The van der Waals surface area contributed by atoms with E-state index in [4.69, 9.17) is 10.5 Å². The molecule has 2 rings (SSSR count). The molecule has 12 heteroatoms. The summed E-state index contributed by atoms with van der Waals surface area (Å²) in [4.78, 5) is 19.1. The molecule has 0 spiro atoms. The lowest BCUT2D eigenvalue weighted by molar-refractivity contribution is -0.0758. The van der Waals surface area contributed by atoms with Crippen LogP contribution in [0.3, 0.4) is 0 Å². The van der Waals surface area contributed by atoms with Crippen molar-refractivity contribution in [1.82, 2.24) is 14.5 Å². The van der Waals surface area contributed by atoms with Gasteiger partial charge in [0, 0.05) is 5.40 Å². The van der Waals surface area contributed by atoms with Gasteiger partial charge >= 0.3 is 5.69 Å². The zero-order chi connectivity index (χ0) is 15.2. The number of aliphatic hydroxyl groups excluding tert-OH is 2. The van der Waals surface area contributed by atoms with Gasteiger partial charge in [0.2, 0.25) is 5.95 Å². The smallest absolute Gasteiger partial charge is 0.353 e. The summed E-state index contributed by atoms with van der Waals surface area (Å²) < 4.78 is 6.43. The molecule has 1 saturated heterocycles. The van der Waals surface area contributed by atoms with E-state index in [1.54, 1.807) is 0 Å². The zero-order valence-corrected chi connectivity index (χ0v) is 11.4. The van der Waals surface area contributed by atoms with Crippen molar-refractivity contribution in [1.29, 1.82) is 0 Å². The molecule has 106 valence electrons. The van der Waals surface area contributed by atoms with Gasteiger partial charge in [-0.15, -0.1) is 0 Å². The summed E-state index contributed by atoms with van der Waals surface area (Å²) in [6, 6.07) is 0. The molecule has 0 bridgehead atoms. The van der Waals surface area contributed by atoms with Crippen LogP contribution in [0, 0.1) is 0 Å². The summed E-state index contributed by atoms with van der Waals surface area (Å²) in [5.41, 5.74) is 4.80. The maximum absolute atomic E-state index is 11.9. The van der Waals surface area contributed by atoms with Gasteiger partial charge in [-0.2, -0.15) is 4.98 Å². The van der Waals surface area contributed by atoms with Crippen LogP contribution in [0.15, 0.2) is 4.79 Å². The summed E-state index contributed by atoms with van der Waals surface area (Å²) >= 11 is 0. The van der Waals surface area contributed by atoms with E-state index in [9.17, 15) is 20.1 Å². The highest BCUT2D eigenvalue weighted by molar-refractivity contribution is 6.39. The lowest BCUT2D eigenvalue weighted by atomic mass is 9.61. The Morgan fingerprint density at radius 3 is 2.35 bits per heavy atom. The van der Waals surface area contributed by atoms with Gasteiger partial charge < -0.3 is 25.8 Å². The minimum Gasteiger partial charge on any atom is -0.405 e. The van der Waals surface area contributed by atoms with Gasteiger partial charge in [0.1, 0.15) is 34.0 Å². The quantitative estimate of drug-likeness (QED) is 0.391. The molecule has 5 N–H and O–H groups in total. The molecule has 1 fully saturated rings. The third-order valence-corrected chi connectivity index (χ3v) is 3.23. The number of ether oxygens (including phenoxy) is 1. The van der Waals surface area contributed by atoms with Gasteiger partial charge in [-0.1, -0.05) is 0 Å². The second kappa shape index (κ2) is 4.88. The first-order valence-electron chi connectivity index (χ1n) is 6.09. The molecule has 4 atom stereocenters. The molecule has 0 aliphatic carbocycles. The average Bonchev–Trinajstić information content (AvgIpc) is 2.55. The molecule has 1 aliphatic rings. The predicted octanol–water partition coefficient (Wildman–Crippen LogP) is -6.99. The topological polar surface area (TPSA) is 144 Å². The molecule has 2 heterocycles. The number of hydrogen-bond acceptors (Lipinski definition) is 8. The molecule has 1 aromatic heterocycles. The lowest BCUT2D eigenvalue weighted by Gasteiger charge is -2.27. The van der Waals surface area contributed by atoms with E-state index in [0.29, 0.717) is 0 Å². The Labute approximate surface area is 117 Å².